The van der Waals surface area contributed by atoms with Crippen LogP contribution in [0.25, 0.3) is 10.8 Å². The first-order chi connectivity index (χ1) is 10.3. The van der Waals surface area contributed by atoms with Gasteiger partial charge in [-0.1, -0.05) is 48.0 Å². The van der Waals surface area contributed by atoms with Crippen molar-refractivity contribution in [3.05, 3.63) is 76.8 Å². The van der Waals surface area contributed by atoms with Crippen molar-refractivity contribution in [3.8, 4) is 6.07 Å². The second-order valence-corrected chi connectivity index (χ2v) is 5.27. The van der Waals surface area contributed by atoms with E-state index in [0.29, 0.717) is 17.1 Å². The lowest BCUT2D eigenvalue weighted by Crippen LogP contribution is -2.01. The van der Waals surface area contributed by atoms with Crippen LogP contribution in [-0.2, 0) is 6.54 Å². The number of benzene rings is 3. The first kappa shape index (κ1) is 13.5. The molecule has 0 aromatic heterocycles. The maximum absolute atomic E-state index is 9.11. The van der Waals surface area contributed by atoms with Gasteiger partial charge in [0, 0.05) is 11.6 Å². The van der Waals surface area contributed by atoms with Gasteiger partial charge in [-0.05, 0) is 40.6 Å². The van der Waals surface area contributed by atoms with Crippen LogP contribution in [-0.4, -0.2) is 0 Å². The molecule has 0 heterocycles. The lowest BCUT2D eigenvalue weighted by Gasteiger charge is -2.09. The summed E-state index contributed by atoms with van der Waals surface area (Å²) < 4.78 is 0. The Labute approximate surface area is 128 Å². The van der Waals surface area contributed by atoms with E-state index in [9.17, 15) is 0 Å². The van der Waals surface area contributed by atoms with Crippen molar-refractivity contribution in [2.45, 2.75) is 6.54 Å². The average molecular weight is 293 g/mol. The van der Waals surface area contributed by atoms with Gasteiger partial charge in [0.15, 0.2) is 0 Å². The van der Waals surface area contributed by atoms with Crippen molar-refractivity contribution < 1.29 is 0 Å². The summed E-state index contributed by atoms with van der Waals surface area (Å²) in [6.07, 6.45) is 0. The Morgan fingerprint density at radius 2 is 1.76 bits per heavy atom. The molecule has 0 unspecified atom stereocenters. The molecule has 0 spiro atoms. The number of nitrogens with zero attached hydrogens (tertiary/aromatic N) is 1. The molecule has 0 aliphatic rings. The van der Waals surface area contributed by atoms with Crippen molar-refractivity contribution in [1.82, 2.24) is 0 Å². The standard InChI is InChI=1S/C18H13ClN2/c19-17-8-7-16(11-20)18(10-17)21-12-13-5-6-14-3-1-2-4-15(14)9-13/h1-10,21H,12H2. The van der Waals surface area contributed by atoms with Gasteiger partial charge in [-0.15, -0.1) is 0 Å². The average Bonchev–Trinajstić information content (AvgIpc) is 2.53. The van der Waals surface area contributed by atoms with Gasteiger partial charge in [-0.2, -0.15) is 5.26 Å². The van der Waals surface area contributed by atoms with Crippen molar-refractivity contribution in [2.75, 3.05) is 5.32 Å². The van der Waals surface area contributed by atoms with Crippen LogP contribution in [0, 0.1) is 11.3 Å². The topological polar surface area (TPSA) is 35.8 Å². The summed E-state index contributed by atoms with van der Waals surface area (Å²) in [7, 11) is 0. The van der Waals surface area contributed by atoms with Gasteiger partial charge in [-0.3, -0.25) is 0 Å². The van der Waals surface area contributed by atoms with Crippen LogP contribution in [0.4, 0.5) is 5.69 Å². The third-order valence-corrected chi connectivity index (χ3v) is 3.63. The SMILES string of the molecule is N#Cc1ccc(Cl)cc1NCc1ccc2ccccc2c1. The highest BCUT2D eigenvalue weighted by molar-refractivity contribution is 6.30. The summed E-state index contributed by atoms with van der Waals surface area (Å²) in [5.74, 6) is 0. The first-order valence-corrected chi connectivity index (χ1v) is 7.05. The molecule has 0 aliphatic carbocycles. The van der Waals surface area contributed by atoms with Gasteiger partial charge in [0.05, 0.1) is 11.3 Å². The number of rotatable bonds is 3. The molecular formula is C18H13ClN2. The highest BCUT2D eigenvalue weighted by Crippen LogP contribution is 2.22. The number of nitrogens with one attached hydrogen (secondary N) is 1. The van der Waals surface area contributed by atoms with Crippen LogP contribution < -0.4 is 5.32 Å². The third kappa shape index (κ3) is 2.99. The van der Waals surface area contributed by atoms with E-state index in [4.69, 9.17) is 16.9 Å². The maximum atomic E-state index is 9.11. The van der Waals surface area contributed by atoms with Crippen LogP contribution in [0.15, 0.2) is 60.7 Å². The zero-order valence-corrected chi connectivity index (χ0v) is 12.1. The molecule has 0 fully saturated rings. The Morgan fingerprint density at radius 1 is 0.952 bits per heavy atom. The Hall–Kier alpha value is -2.50. The largest absolute Gasteiger partial charge is 0.380 e. The Balaban J connectivity index is 1.83. The van der Waals surface area contributed by atoms with Gasteiger partial charge in [-0.25, -0.2) is 0 Å². The lowest BCUT2D eigenvalue weighted by molar-refractivity contribution is 1.15. The minimum Gasteiger partial charge on any atom is -0.380 e. The molecular weight excluding hydrogens is 280 g/mol. The number of halogens is 1. The molecule has 3 heteroatoms. The second kappa shape index (κ2) is 5.87. The zero-order valence-electron chi connectivity index (χ0n) is 11.3. The van der Waals surface area contributed by atoms with E-state index < -0.39 is 0 Å². The van der Waals surface area contributed by atoms with Gasteiger partial charge in [0.25, 0.3) is 0 Å². The number of anilines is 1. The van der Waals surface area contributed by atoms with E-state index in [-0.39, 0.29) is 0 Å². The Morgan fingerprint density at radius 3 is 2.57 bits per heavy atom. The molecule has 0 amide bonds. The van der Waals surface area contributed by atoms with E-state index >= 15 is 0 Å². The molecule has 0 atom stereocenters. The van der Waals surface area contributed by atoms with Crippen LogP contribution in [0.2, 0.25) is 5.02 Å². The summed E-state index contributed by atoms with van der Waals surface area (Å²) in [6.45, 7) is 0.653. The Bertz CT molecular complexity index is 834. The van der Waals surface area contributed by atoms with Crippen molar-refractivity contribution in [1.29, 1.82) is 5.26 Å². The van der Waals surface area contributed by atoms with Gasteiger partial charge >= 0.3 is 0 Å². The highest BCUT2D eigenvalue weighted by atomic mass is 35.5. The van der Waals surface area contributed by atoms with E-state index in [1.807, 2.05) is 12.1 Å². The van der Waals surface area contributed by atoms with Gasteiger partial charge < -0.3 is 5.32 Å². The Kier molecular flexibility index (Phi) is 3.77. The van der Waals surface area contributed by atoms with Crippen LogP contribution >= 0.6 is 11.6 Å². The molecule has 0 saturated heterocycles. The zero-order chi connectivity index (χ0) is 14.7. The molecule has 1 N–H and O–H groups in total. The molecule has 102 valence electrons. The first-order valence-electron chi connectivity index (χ1n) is 6.67. The minimum atomic E-state index is 0.597. The number of hydrogen-bond acceptors (Lipinski definition) is 2. The molecule has 3 rings (SSSR count). The maximum Gasteiger partial charge on any atom is 0.101 e. The molecule has 21 heavy (non-hydrogen) atoms. The fourth-order valence-electron chi connectivity index (χ4n) is 2.31. The lowest BCUT2D eigenvalue weighted by atomic mass is 10.1. The number of hydrogen-bond donors (Lipinski definition) is 1. The monoisotopic (exact) mass is 292 g/mol. The van der Waals surface area contributed by atoms with E-state index in [2.05, 4.69) is 41.7 Å². The number of nitriles is 1. The summed E-state index contributed by atoms with van der Waals surface area (Å²) in [4.78, 5) is 0. The normalized spacial score (nSPS) is 10.3. The quantitative estimate of drug-likeness (QED) is 0.739. The second-order valence-electron chi connectivity index (χ2n) is 4.84. The van der Waals surface area contributed by atoms with Crippen LogP contribution in [0.1, 0.15) is 11.1 Å². The predicted octanol–water partition coefficient (Wildman–Crippen LogP) is 4.98. The van der Waals surface area contributed by atoms with Crippen LogP contribution in [0.5, 0.6) is 0 Å². The van der Waals surface area contributed by atoms with Gasteiger partial charge in [0.2, 0.25) is 0 Å². The molecule has 2 nitrogen and oxygen atoms in total. The molecule has 0 aliphatic heterocycles. The molecule has 0 bridgehead atoms. The highest BCUT2D eigenvalue weighted by Gasteiger charge is 2.03. The fraction of sp³-hybridized carbons (Fsp3) is 0.0556. The fourth-order valence-corrected chi connectivity index (χ4v) is 2.48. The summed E-state index contributed by atoms with van der Waals surface area (Å²) in [5, 5.41) is 15.4. The van der Waals surface area contributed by atoms with Crippen molar-refractivity contribution >= 4 is 28.1 Å². The summed E-state index contributed by atoms with van der Waals surface area (Å²) in [6, 6.07) is 22.0. The third-order valence-electron chi connectivity index (χ3n) is 3.40. The number of fused-ring (bicyclic) bond motifs is 1. The van der Waals surface area contributed by atoms with E-state index in [1.54, 1.807) is 18.2 Å². The van der Waals surface area contributed by atoms with Crippen LogP contribution in [0.3, 0.4) is 0 Å². The smallest absolute Gasteiger partial charge is 0.101 e. The molecule has 0 saturated carbocycles. The molecule has 3 aromatic carbocycles. The van der Waals surface area contributed by atoms with E-state index in [1.165, 1.54) is 10.8 Å². The summed E-state index contributed by atoms with van der Waals surface area (Å²) >= 11 is 5.98. The van der Waals surface area contributed by atoms with E-state index in [0.717, 1.165) is 11.3 Å². The summed E-state index contributed by atoms with van der Waals surface area (Å²) in [5.41, 5.74) is 2.52. The van der Waals surface area contributed by atoms with Gasteiger partial charge in [0.1, 0.15) is 6.07 Å². The van der Waals surface area contributed by atoms with Crippen molar-refractivity contribution in [2.24, 2.45) is 0 Å². The molecule has 3 aromatic rings. The minimum absolute atomic E-state index is 0.597. The van der Waals surface area contributed by atoms with Crippen molar-refractivity contribution in [3.63, 3.8) is 0 Å². The predicted molar refractivity (Wildman–Crippen MR) is 87.4 cm³/mol. The molecule has 0 radical (unpaired) electrons.